The number of amides is 1. The fraction of sp³-hybridized carbons (Fsp3) is 0.350. The molecule has 1 saturated heterocycles. The summed E-state index contributed by atoms with van der Waals surface area (Å²) in [5.41, 5.74) is 0.557. The molecule has 0 radical (unpaired) electrons. The SMILES string of the molecule is O=C(NCCSc1ccc(Cl)cc1)c1ccccc1OC[C@@H]1CCCO1. The third-order valence-corrected chi connectivity index (χ3v) is 5.32. The fourth-order valence-electron chi connectivity index (χ4n) is 2.70. The second-order valence-corrected chi connectivity index (χ2v) is 7.61. The van der Waals surface area contributed by atoms with Gasteiger partial charge in [0.2, 0.25) is 0 Å². The van der Waals surface area contributed by atoms with Crippen molar-refractivity contribution in [3.05, 3.63) is 59.1 Å². The van der Waals surface area contributed by atoms with Crippen LogP contribution in [0, 0.1) is 0 Å². The molecule has 1 heterocycles. The Balaban J connectivity index is 1.46. The summed E-state index contributed by atoms with van der Waals surface area (Å²) in [4.78, 5) is 13.6. The molecule has 0 aromatic heterocycles. The number of hydrogen-bond donors (Lipinski definition) is 1. The molecular weight excluding hydrogens is 370 g/mol. The lowest BCUT2D eigenvalue weighted by atomic mass is 10.2. The molecule has 0 spiro atoms. The van der Waals surface area contributed by atoms with E-state index in [0.29, 0.717) is 24.5 Å². The van der Waals surface area contributed by atoms with E-state index in [1.54, 1.807) is 17.8 Å². The Morgan fingerprint density at radius 1 is 1.23 bits per heavy atom. The summed E-state index contributed by atoms with van der Waals surface area (Å²) < 4.78 is 11.4. The summed E-state index contributed by atoms with van der Waals surface area (Å²) in [7, 11) is 0. The molecule has 1 amide bonds. The third-order valence-electron chi connectivity index (χ3n) is 4.05. The first-order chi connectivity index (χ1) is 12.7. The van der Waals surface area contributed by atoms with Gasteiger partial charge in [-0.2, -0.15) is 0 Å². The van der Waals surface area contributed by atoms with Gasteiger partial charge in [-0.1, -0.05) is 23.7 Å². The van der Waals surface area contributed by atoms with Crippen LogP contribution in [-0.2, 0) is 4.74 Å². The van der Waals surface area contributed by atoms with Gasteiger partial charge in [-0.25, -0.2) is 0 Å². The van der Waals surface area contributed by atoms with E-state index < -0.39 is 0 Å². The zero-order valence-electron chi connectivity index (χ0n) is 14.4. The summed E-state index contributed by atoms with van der Waals surface area (Å²) in [6.07, 6.45) is 2.21. The van der Waals surface area contributed by atoms with Crippen molar-refractivity contribution in [2.24, 2.45) is 0 Å². The summed E-state index contributed by atoms with van der Waals surface area (Å²) in [5.74, 6) is 1.27. The zero-order valence-corrected chi connectivity index (χ0v) is 16.0. The van der Waals surface area contributed by atoms with E-state index in [-0.39, 0.29) is 12.0 Å². The van der Waals surface area contributed by atoms with Crippen molar-refractivity contribution in [2.45, 2.75) is 23.8 Å². The highest BCUT2D eigenvalue weighted by Crippen LogP contribution is 2.21. The van der Waals surface area contributed by atoms with Crippen molar-refractivity contribution in [3.63, 3.8) is 0 Å². The van der Waals surface area contributed by atoms with Crippen LogP contribution in [0.4, 0.5) is 0 Å². The molecule has 138 valence electrons. The van der Waals surface area contributed by atoms with E-state index >= 15 is 0 Å². The predicted molar refractivity (Wildman–Crippen MR) is 105 cm³/mol. The van der Waals surface area contributed by atoms with Crippen LogP contribution in [0.15, 0.2) is 53.4 Å². The van der Waals surface area contributed by atoms with Crippen LogP contribution in [0.3, 0.4) is 0 Å². The lowest BCUT2D eigenvalue weighted by Gasteiger charge is -2.14. The predicted octanol–water partition coefficient (Wildman–Crippen LogP) is 4.42. The van der Waals surface area contributed by atoms with Crippen molar-refractivity contribution in [1.29, 1.82) is 0 Å². The lowest BCUT2D eigenvalue weighted by Crippen LogP contribution is -2.26. The van der Waals surface area contributed by atoms with Crippen LogP contribution < -0.4 is 10.1 Å². The Bertz CT molecular complexity index is 717. The normalized spacial score (nSPS) is 16.4. The summed E-state index contributed by atoms with van der Waals surface area (Å²) in [6, 6.07) is 15.0. The molecule has 0 saturated carbocycles. The van der Waals surface area contributed by atoms with Crippen molar-refractivity contribution in [3.8, 4) is 5.75 Å². The number of nitrogens with one attached hydrogen (secondary N) is 1. The van der Waals surface area contributed by atoms with E-state index in [2.05, 4.69) is 5.32 Å². The molecule has 26 heavy (non-hydrogen) atoms. The molecule has 0 unspecified atom stereocenters. The Labute approximate surface area is 163 Å². The number of para-hydroxylation sites is 1. The number of rotatable bonds is 8. The number of halogens is 1. The van der Waals surface area contributed by atoms with Gasteiger partial charge in [0.05, 0.1) is 11.7 Å². The van der Waals surface area contributed by atoms with Crippen molar-refractivity contribution in [2.75, 3.05) is 25.5 Å². The molecule has 4 nitrogen and oxygen atoms in total. The summed E-state index contributed by atoms with van der Waals surface area (Å²) >= 11 is 7.55. The van der Waals surface area contributed by atoms with Gasteiger partial charge in [0, 0.05) is 28.8 Å². The van der Waals surface area contributed by atoms with Crippen LogP contribution in [0.2, 0.25) is 5.02 Å². The minimum absolute atomic E-state index is 0.121. The van der Waals surface area contributed by atoms with E-state index in [1.165, 1.54) is 0 Å². The second kappa shape index (κ2) is 9.86. The average molecular weight is 392 g/mol. The largest absolute Gasteiger partial charge is 0.490 e. The highest BCUT2D eigenvalue weighted by atomic mass is 35.5. The van der Waals surface area contributed by atoms with Gasteiger partial charge in [0.15, 0.2) is 0 Å². The van der Waals surface area contributed by atoms with Crippen LogP contribution in [-0.4, -0.2) is 37.5 Å². The van der Waals surface area contributed by atoms with E-state index in [1.807, 2.05) is 42.5 Å². The van der Waals surface area contributed by atoms with Crippen molar-refractivity contribution >= 4 is 29.3 Å². The highest BCUT2D eigenvalue weighted by Gasteiger charge is 2.18. The van der Waals surface area contributed by atoms with Gasteiger partial charge in [0.25, 0.3) is 5.91 Å². The molecular formula is C20H22ClNO3S. The highest BCUT2D eigenvalue weighted by molar-refractivity contribution is 7.99. The first-order valence-electron chi connectivity index (χ1n) is 8.72. The quantitative estimate of drug-likeness (QED) is 0.534. The number of ether oxygens (including phenoxy) is 2. The standard InChI is InChI=1S/C20H22ClNO3S/c21-15-7-9-17(10-8-15)26-13-11-22-20(23)18-5-1-2-6-19(18)25-14-16-4-3-12-24-16/h1-2,5-10,16H,3-4,11-14H2,(H,22,23)/t16-/m0/s1. The summed E-state index contributed by atoms with van der Waals surface area (Å²) in [6.45, 7) is 1.85. The van der Waals surface area contributed by atoms with Gasteiger partial charge in [0.1, 0.15) is 12.4 Å². The molecule has 2 aromatic rings. The van der Waals surface area contributed by atoms with Crippen LogP contribution in [0.1, 0.15) is 23.2 Å². The molecule has 1 fully saturated rings. The number of carbonyl (C=O) groups excluding carboxylic acids is 1. The van der Waals surface area contributed by atoms with Crippen LogP contribution in [0.5, 0.6) is 5.75 Å². The van der Waals surface area contributed by atoms with Gasteiger partial charge in [-0.05, 0) is 49.2 Å². The zero-order chi connectivity index (χ0) is 18.2. The smallest absolute Gasteiger partial charge is 0.255 e. The molecule has 6 heteroatoms. The van der Waals surface area contributed by atoms with Gasteiger partial charge in [-0.15, -0.1) is 11.8 Å². The molecule has 1 atom stereocenters. The van der Waals surface area contributed by atoms with Gasteiger partial charge in [-0.3, -0.25) is 4.79 Å². The Hall–Kier alpha value is -1.69. The minimum Gasteiger partial charge on any atom is -0.490 e. The van der Waals surface area contributed by atoms with E-state index in [9.17, 15) is 4.79 Å². The van der Waals surface area contributed by atoms with Gasteiger partial charge < -0.3 is 14.8 Å². The first kappa shape index (κ1) is 19.1. The lowest BCUT2D eigenvalue weighted by molar-refractivity contribution is 0.0671. The fourth-order valence-corrected chi connectivity index (χ4v) is 3.59. The molecule has 1 N–H and O–H groups in total. The number of hydrogen-bond acceptors (Lipinski definition) is 4. The Kier molecular flexibility index (Phi) is 7.23. The molecule has 0 aliphatic carbocycles. The van der Waals surface area contributed by atoms with Crippen molar-refractivity contribution in [1.82, 2.24) is 5.32 Å². The van der Waals surface area contributed by atoms with Crippen LogP contribution >= 0.6 is 23.4 Å². The van der Waals surface area contributed by atoms with E-state index in [0.717, 1.165) is 35.1 Å². The van der Waals surface area contributed by atoms with Gasteiger partial charge >= 0.3 is 0 Å². The molecule has 1 aliphatic rings. The average Bonchev–Trinajstić information content (AvgIpc) is 3.19. The molecule has 3 rings (SSSR count). The van der Waals surface area contributed by atoms with Crippen molar-refractivity contribution < 1.29 is 14.3 Å². The van der Waals surface area contributed by atoms with Crippen LogP contribution in [0.25, 0.3) is 0 Å². The minimum atomic E-state index is -0.121. The molecule has 1 aliphatic heterocycles. The Morgan fingerprint density at radius 2 is 2.04 bits per heavy atom. The maximum atomic E-state index is 12.5. The Morgan fingerprint density at radius 3 is 2.81 bits per heavy atom. The second-order valence-electron chi connectivity index (χ2n) is 6.00. The number of benzene rings is 2. The summed E-state index contributed by atoms with van der Waals surface area (Å²) in [5, 5.41) is 3.68. The number of carbonyl (C=O) groups is 1. The first-order valence-corrected chi connectivity index (χ1v) is 10.1. The molecule has 2 aromatic carbocycles. The third kappa shape index (κ3) is 5.66. The topological polar surface area (TPSA) is 47.6 Å². The van der Waals surface area contributed by atoms with E-state index in [4.69, 9.17) is 21.1 Å². The maximum Gasteiger partial charge on any atom is 0.255 e. The monoisotopic (exact) mass is 391 g/mol. The number of thioether (sulfide) groups is 1. The maximum absolute atomic E-state index is 12.5. The molecule has 0 bridgehead atoms.